The first-order valence-electron chi connectivity index (χ1n) is 8.48. The fourth-order valence-corrected chi connectivity index (χ4v) is 2.81. The second kappa shape index (κ2) is 7.53. The smallest absolute Gasteiger partial charge is 0.147 e. The first-order valence-corrected chi connectivity index (χ1v) is 8.48. The van der Waals surface area contributed by atoms with Gasteiger partial charge in [0.2, 0.25) is 0 Å². The molecule has 0 N–H and O–H groups in total. The minimum absolute atomic E-state index is 0.700. The van der Waals surface area contributed by atoms with E-state index in [1.807, 2.05) is 79.0 Å². The third kappa shape index (κ3) is 3.57. The molecule has 126 valence electrons. The number of rotatable bonds is 5. The van der Waals surface area contributed by atoms with Crippen molar-refractivity contribution in [1.29, 1.82) is 0 Å². The predicted octanol–water partition coefficient (Wildman–Crippen LogP) is 6.34. The van der Waals surface area contributed by atoms with Gasteiger partial charge in [-0.15, -0.1) is 0 Å². The van der Waals surface area contributed by atoms with Crippen LogP contribution in [0.25, 0.3) is 0 Å². The van der Waals surface area contributed by atoms with Gasteiger partial charge in [0.25, 0.3) is 0 Å². The third-order valence-corrected chi connectivity index (χ3v) is 3.96. The molecule has 0 bridgehead atoms. The summed E-state index contributed by atoms with van der Waals surface area (Å²) in [5.74, 6) is 1.49. The number of aromatic nitrogens is 1. The molecule has 0 spiro atoms. The molecule has 1 heterocycles. The van der Waals surface area contributed by atoms with Crippen LogP contribution in [0.2, 0.25) is 0 Å². The summed E-state index contributed by atoms with van der Waals surface area (Å²) in [5.41, 5.74) is 3.07. The van der Waals surface area contributed by atoms with Gasteiger partial charge in [-0.25, -0.2) is 0 Å². The number of pyridine rings is 1. The van der Waals surface area contributed by atoms with Crippen molar-refractivity contribution >= 4 is 17.1 Å². The molecule has 3 heteroatoms. The van der Waals surface area contributed by atoms with Gasteiger partial charge < -0.3 is 9.64 Å². The summed E-state index contributed by atoms with van der Waals surface area (Å²) in [6, 6.07) is 32.2. The number of nitrogens with zero attached hydrogens (tertiary/aromatic N) is 2. The molecule has 0 aliphatic rings. The summed E-state index contributed by atoms with van der Waals surface area (Å²) >= 11 is 0. The fraction of sp³-hybridized carbons (Fsp3) is 0. The van der Waals surface area contributed by atoms with Crippen LogP contribution in [-0.2, 0) is 0 Å². The van der Waals surface area contributed by atoms with Crippen LogP contribution < -0.4 is 9.64 Å². The van der Waals surface area contributed by atoms with Crippen LogP contribution in [0.4, 0.5) is 17.1 Å². The maximum Gasteiger partial charge on any atom is 0.147 e. The topological polar surface area (TPSA) is 25.4 Å². The summed E-state index contributed by atoms with van der Waals surface area (Å²) in [6.45, 7) is 0. The zero-order valence-electron chi connectivity index (χ0n) is 14.2. The van der Waals surface area contributed by atoms with Crippen molar-refractivity contribution < 1.29 is 4.74 Å². The molecule has 1 aromatic heterocycles. The zero-order chi connectivity index (χ0) is 17.6. The molecule has 0 amide bonds. The average molecular weight is 338 g/mol. The van der Waals surface area contributed by atoms with Crippen molar-refractivity contribution in [2.24, 2.45) is 0 Å². The third-order valence-electron chi connectivity index (χ3n) is 3.96. The Labute approximate surface area is 153 Å². The molecule has 3 aromatic carbocycles. The minimum Gasteiger partial charge on any atom is -0.456 e. The Morgan fingerprint density at radius 2 is 1.08 bits per heavy atom. The van der Waals surface area contributed by atoms with Gasteiger partial charge in [-0.2, -0.15) is 0 Å². The summed E-state index contributed by atoms with van der Waals surface area (Å²) < 4.78 is 5.95. The Bertz CT molecular complexity index is 917. The van der Waals surface area contributed by atoms with Gasteiger partial charge in [-0.05, 0) is 36.4 Å². The van der Waals surface area contributed by atoms with E-state index in [9.17, 15) is 0 Å². The number of hydrogen-bond donors (Lipinski definition) is 0. The molecule has 0 aliphatic carbocycles. The Morgan fingerprint density at radius 3 is 1.65 bits per heavy atom. The standard InChI is InChI=1S/C23H18N2O/c1-4-10-19(11-5-1)25(20-12-6-2-7-13-20)21-16-23(18-24-17-21)26-22-14-8-3-9-15-22/h1-18H. The molecule has 0 atom stereocenters. The van der Waals surface area contributed by atoms with Crippen LogP contribution in [0.5, 0.6) is 11.5 Å². The molecule has 0 aliphatic heterocycles. The maximum atomic E-state index is 5.95. The second-order valence-electron chi connectivity index (χ2n) is 5.80. The van der Waals surface area contributed by atoms with E-state index in [4.69, 9.17) is 4.74 Å². The molecule has 0 fully saturated rings. The molecular weight excluding hydrogens is 320 g/mol. The van der Waals surface area contributed by atoms with E-state index in [1.54, 1.807) is 6.20 Å². The Balaban J connectivity index is 1.73. The molecule has 4 rings (SSSR count). The van der Waals surface area contributed by atoms with E-state index in [2.05, 4.69) is 34.1 Å². The van der Waals surface area contributed by atoms with E-state index in [0.717, 1.165) is 22.8 Å². The van der Waals surface area contributed by atoms with Crippen LogP contribution in [-0.4, -0.2) is 4.98 Å². The molecule has 0 saturated carbocycles. The van der Waals surface area contributed by atoms with Crippen LogP contribution in [0.3, 0.4) is 0 Å². The highest BCUT2D eigenvalue weighted by atomic mass is 16.5. The zero-order valence-corrected chi connectivity index (χ0v) is 14.2. The van der Waals surface area contributed by atoms with Gasteiger partial charge in [-0.1, -0.05) is 54.6 Å². The van der Waals surface area contributed by atoms with Crippen molar-refractivity contribution in [2.75, 3.05) is 4.90 Å². The Morgan fingerprint density at radius 1 is 0.538 bits per heavy atom. The van der Waals surface area contributed by atoms with Crippen LogP contribution in [0.1, 0.15) is 0 Å². The lowest BCUT2D eigenvalue weighted by Gasteiger charge is -2.25. The van der Waals surface area contributed by atoms with Gasteiger partial charge in [-0.3, -0.25) is 4.98 Å². The summed E-state index contributed by atoms with van der Waals surface area (Å²) in [7, 11) is 0. The summed E-state index contributed by atoms with van der Waals surface area (Å²) in [5, 5.41) is 0. The largest absolute Gasteiger partial charge is 0.456 e. The van der Waals surface area contributed by atoms with Crippen molar-refractivity contribution in [2.45, 2.75) is 0 Å². The highest BCUT2D eigenvalue weighted by molar-refractivity contribution is 5.76. The van der Waals surface area contributed by atoms with Crippen molar-refractivity contribution in [3.8, 4) is 11.5 Å². The molecule has 0 unspecified atom stereocenters. The SMILES string of the molecule is c1ccc(Oc2cncc(N(c3ccccc3)c3ccccc3)c2)cc1. The van der Waals surface area contributed by atoms with Crippen molar-refractivity contribution in [3.05, 3.63) is 109 Å². The molecular formula is C23H18N2O. The summed E-state index contributed by atoms with van der Waals surface area (Å²) in [6.07, 6.45) is 3.57. The Kier molecular flexibility index (Phi) is 4.61. The van der Waals surface area contributed by atoms with E-state index in [0.29, 0.717) is 5.75 Å². The quantitative estimate of drug-likeness (QED) is 0.424. The molecule has 0 saturated heterocycles. The normalized spacial score (nSPS) is 10.3. The lowest BCUT2D eigenvalue weighted by Crippen LogP contribution is -2.10. The number of ether oxygens (including phenoxy) is 1. The Hall–Kier alpha value is -3.59. The molecule has 3 nitrogen and oxygen atoms in total. The van der Waals surface area contributed by atoms with Gasteiger partial charge in [0, 0.05) is 17.4 Å². The average Bonchev–Trinajstić information content (AvgIpc) is 2.71. The van der Waals surface area contributed by atoms with Crippen molar-refractivity contribution in [3.63, 3.8) is 0 Å². The molecule has 26 heavy (non-hydrogen) atoms. The van der Waals surface area contributed by atoms with E-state index < -0.39 is 0 Å². The van der Waals surface area contributed by atoms with Crippen LogP contribution >= 0.6 is 0 Å². The molecule has 0 radical (unpaired) electrons. The number of para-hydroxylation sites is 3. The maximum absolute atomic E-state index is 5.95. The monoisotopic (exact) mass is 338 g/mol. The summed E-state index contributed by atoms with van der Waals surface area (Å²) in [4.78, 5) is 6.54. The van der Waals surface area contributed by atoms with Crippen LogP contribution in [0, 0.1) is 0 Å². The first kappa shape index (κ1) is 15.9. The minimum atomic E-state index is 0.700. The van der Waals surface area contributed by atoms with E-state index in [1.165, 1.54) is 0 Å². The van der Waals surface area contributed by atoms with E-state index >= 15 is 0 Å². The van der Waals surface area contributed by atoms with Gasteiger partial charge in [0.1, 0.15) is 11.5 Å². The van der Waals surface area contributed by atoms with Gasteiger partial charge in [0.05, 0.1) is 18.1 Å². The van der Waals surface area contributed by atoms with Crippen LogP contribution in [0.15, 0.2) is 109 Å². The number of hydrogen-bond acceptors (Lipinski definition) is 3. The van der Waals surface area contributed by atoms with Gasteiger partial charge >= 0.3 is 0 Å². The van der Waals surface area contributed by atoms with E-state index in [-0.39, 0.29) is 0 Å². The fourth-order valence-electron chi connectivity index (χ4n) is 2.81. The lowest BCUT2D eigenvalue weighted by molar-refractivity contribution is 0.480. The van der Waals surface area contributed by atoms with Crippen molar-refractivity contribution in [1.82, 2.24) is 4.98 Å². The second-order valence-corrected chi connectivity index (χ2v) is 5.80. The highest BCUT2D eigenvalue weighted by Gasteiger charge is 2.13. The highest BCUT2D eigenvalue weighted by Crippen LogP contribution is 2.35. The lowest BCUT2D eigenvalue weighted by atomic mass is 10.2. The molecule has 4 aromatic rings. The predicted molar refractivity (Wildman–Crippen MR) is 105 cm³/mol. The van der Waals surface area contributed by atoms with Gasteiger partial charge in [0.15, 0.2) is 0 Å². The number of anilines is 3. The number of benzene rings is 3. The first-order chi connectivity index (χ1) is 12.9.